The van der Waals surface area contributed by atoms with Crippen LogP contribution in [0.25, 0.3) is 0 Å². The van der Waals surface area contributed by atoms with Crippen LogP contribution in [0.2, 0.25) is 0 Å². The summed E-state index contributed by atoms with van der Waals surface area (Å²) < 4.78 is 0. The Morgan fingerprint density at radius 1 is 1.14 bits per heavy atom. The van der Waals surface area contributed by atoms with Gasteiger partial charge in [-0.25, -0.2) is 9.59 Å². The zero-order chi connectivity index (χ0) is 16.4. The molecule has 1 aromatic rings. The summed E-state index contributed by atoms with van der Waals surface area (Å²) in [5, 5.41) is 18.2. The Kier molecular flexibility index (Phi) is 4.25. The van der Waals surface area contributed by atoms with E-state index >= 15 is 0 Å². The van der Waals surface area contributed by atoms with Crippen molar-refractivity contribution in [3.63, 3.8) is 0 Å². The molecule has 1 aromatic carbocycles. The number of rotatable bonds is 6. The molecule has 22 heavy (non-hydrogen) atoms. The van der Waals surface area contributed by atoms with Crippen LogP contribution in [0.15, 0.2) is 18.2 Å². The third kappa shape index (κ3) is 2.57. The maximum atomic E-state index is 12.3. The Morgan fingerprint density at radius 3 is 2.32 bits per heavy atom. The second-order valence-corrected chi connectivity index (χ2v) is 5.04. The number of carbonyl (C=O) groups excluding carboxylic acids is 2. The normalized spacial score (nSPS) is 14.9. The average Bonchev–Trinajstić information content (AvgIpc) is 2.72. The minimum atomic E-state index is -1.25. The van der Waals surface area contributed by atoms with Crippen LogP contribution in [0.4, 0.5) is 0 Å². The number of amides is 2. The largest absolute Gasteiger partial charge is 0.480 e. The van der Waals surface area contributed by atoms with Crippen LogP contribution in [-0.4, -0.2) is 44.9 Å². The van der Waals surface area contributed by atoms with Gasteiger partial charge in [-0.1, -0.05) is 19.8 Å². The Morgan fingerprint density at radius 2 is 1.77 bits per heavy atom. The van der Waals surface area contributed by atoms with Crippen molar-refractivity contribution < 1.29 is 29.4 Å². The molecule has 1 unspecified atom stereocenters. The van der Waals surface area contributed by atoms with Gasteiger partial charge in [0, 0.05) is 0 Å². The van der Waals surface area contributed by atoms with Gasteiger partial charge in [0.2, 0.25) is 0 Å². The molecule has 1 atom stereocenters. The molecule has 0 spiro atoms. The first-order valence-electron chi connectivity index (χ1n) is 6.86. The van der Waals surface area contributed by atoms with E-state index in [1.807, 2.05) is 6.92 Å². The molecule has 2 amide bonds. The Balaban J connectivity index is 2.40. The van der Waals surface area contributed by atoms with Crippen LogP contribution in [0.1, 0.15) is 57.3 Å². The van der Waals surface area contributed by atoms with Crippen LogP contribution >= 0.6 is 0 Å². The SMILES string of the molecule is CCCCC(C(=O)O)N1C(=O)c2ccc(C(=O)O)cc2C1=O. The Hall–Kier alpha value is -2.70. The van der Waals surface area contributed by atoms with E-state index in [2.05, 4.69) is 0 Å². The van der Waals surface area contributed by atoms with E-state index in [-0.39, 0.29) is 23.1 Å². The molecule has 0 saturated carbocycles. The topological polar surface area (TPSA) is 112 Å². The zero-order valence-electron chi connectivity index (χ0n) is 11.9. The number of carboxylic acid groups (broad SMARTS) is 2. The van der Waals surface area contributed by atoms with Gasteiger partial charge in [0.05, 0.1) is 16.7 Å². The quantitative estimate of drug-likeness (QED) is 0.772. The van der Waals surface area contributed by atoms with Crippen molar-refractivity contribution in [3.05, 3.63) is 34.9 Å². The molecule has 0 bridgehead atoms. The molecule has 0 fully saturated rings. The molecule has 1 aliphatic heterocycles. The van der Waals surface area contributed by atoms with Gasteiger partial charge in [-0.3, -0.25) is 14.5 Å². The Labute approximate surface area is 126 Å². The highest BCUT2D eigenvalue weighted by molar-refractivity contribution is 6.23. The van der Waals surface area contributed by atoms with Crippen molar-refractivity contribution in [3.8, 4) is 0 Å². The van der Waals surface area contributed by atoms with E-state index in [9.17, 15) is 24.3 Å². The first kappa shape index (κ1) is 15.7. The lowest BCUT2D eigenvalue weighted by Crippen LogP contribution is -2.44. The summed E-state index contributed by atoms with van der Waals surface area (Å²) in [6.45, 7) is 1.88. The van der Waals surface area contributed by atoms with Gasteiger partial charge in [0.1, 0.15) is 6.04 Å². The molecule has 0 radical (unpaired) electrons. The monoisotopic (exact) mass is 305 g/mol. The number of aromatic carboxylic acids is 1. The van der Waals surface area contributed by atoms with E-state index in [1.165, 1.54) is 12.1 Å². The molecule has 7 nitrogen and oxygen atoms in total. The van der Waals surface area contributed by atoms with Crippen molar-refractivity contribution in [2.45, 2.75) is 32.2 Å². The first-order chi connectivity index (χ1) is 10.4. The molecule has 2 N–H and O–H groups in total. The van der Waals surface area contributed by atoms with Crippen LogP contribution in [0.5, 0.6) is 0 Å². The molecule has 116 valence electrons. The van der Waals surface area contributed by atoms with Crippen LogP contribution in [0.3, 0.4) is 0 Å². The van der Waals surface area contributed by atoms with E-state index in [4.69, 9.17) is 5.11 Å². The summed E-state index contributed by atoms with van der Waals surface area (Å²) in [5.74, 6) is -3.92. The number of imide groups is 1. The standard InChI is InChI=1S/C15H15NO6/c1-2-3-4-11(15(21)22)16-12(17)9-6-5-8(14(19)20)7-10(9)13(16)18/h5-7,11H,2-4H2,1H3,(H,19,20)(H,21,22). The highest BCUT2D eigenvalue weighted by atomic mass is 16.4. The molecule has 0 saturated heterocycles. The van der Waals surface area contributed by atoms with Gasteiger partial charge < -0.3 is 10.2 Å². The number of hydrogen-bond donors (Lipinski definition) is 2. The lowest BCUT2D eigenvalue weighted by molar-refractivity contribution is -0.141. The van der Waals surface area contributed by atoms with Crippen molar-refractivity contribution in [2.24, 2.45) is 0 Å². The van der Waals surface area contributed by atoms with Gasteiger partial charge in [-0.2, -0.15) is 0 Å². The third-order valence-corrected chi connectivity index (χ3v) is 3.59. The summed E-state index contributed by atoms with van der Waals surface area (Å²) >= 11 is 0. The smallest absolute Gasteiger partial charge is 0.335 e. The Bertz CT molecular complexity index is 666. The number of carbonyl (C=O) groups is 4. The van der Waals surface area contributed by atoms with Gasteiger partial charge in [-0.05, 0) is 24.6 Å². The summed E-state index contributed by atoms with van der Waals surface area (Å²) in [6, 6.07) is 2.34. The summed E-state index contributed by atoms with van der Waals surface area (Å²) in [6.07, 6.45) is 1.46. The van der Waals surface area contributed by atoms with Crippen molar-refractivity contribution in [1.29, 1.82) is 0 Å². The maximum absolute atomic E-state index is 12.3. The first-order valence-corrected chi connectivity index (χ1v) is 6.86. The van der Waals surface area contributed by atoms with Gasteiger partial charge in [-0.15, -0.1) is 0 Å². The predicted molar refractivity (Wildman–Crippen MR) is 74.9 cm³/mol. The maximum Gasteiger partial charge on any atom is 0.335 e. The highest BCUT2D eigenvalue weighted by Crippen LogP contribution is 2.27. The molecule has 2 rings (SSSR count). The fourth-order valence-electron chi connectivity index (χ4n) is 2.44. The van der Waals surface area contributed by atoms with E-state index in [0.29, 0.717) is 11.3 Å². The van der Waals surface area contributed by atoms with Crippen LogP contribution < -0.4 is 0 Å². The number of hydrogen-bond acceptors (Lipinski definition) is 4. The van der Waals surface area contributed by atoms with Crippen LogP contribution in [0, 0.1) is 0 Å². The van der Waals surface area contributed by atoms with Crippen LogP contribution in [-0.2, 0) is 4.79 Å². The van der Waals surface area contributed by atoms with E-state index in [1.54, 1.807) is 0 Å². The number of aliphatic carboxylic acids is 1. The fraction of sp³-hybridized carbons (Fsp3) is 0.333. The predicted octanol–water partition coefficient (Wildman–Crippen LogP) is 1.62. The number of benzene rings is 1. The van der Waals surface area contributed by atoms with E-state index < -0.39 is 29.8 Å². The lowest BCUT2D eigenvalue weighted by atomic mass is 10.1. The third-order valence-electron chi connectivity index (χ3n) is 3.59. The van der Waals surface area contributed by atoms with Crippen molar-refractivity contribution in [1.82, 2.24) is 4.90 Å². The summed E-state index contributed by atoms with van der Waals surface area (Å²) in [4.78, 5) is 47.7. The lowest BCUT2D eigenvalue weighted by Gasteiger charge is -2.22. The zero-order valence-corrected chi connectivity index (χ0v) is 11.9. The van der Waals surface area contributed by atoms with Gasteiger partial charge in [0.25, 0.3) is 11.8 Å². The molecule has 0 aliphatic carbocycles. The van der Waals surface area contributed by atoms with Crippen molar-refractivity contribution >= 4 is 23.8 Å². The minimum absolute atomic E-state index is 0.0396. The molecular formula is C15H15NO6. The number of fused-ring (bicyclic) bond motifs is 1. The average molecular weight is 305 g/mol. The number of carboxylic acids is 2. The minimum Gasteiger partial charge on any atom is -0.480 e. The molecular weight excluding hydrogens is 290 g/mol. The second kappa shape index (κ2) is 5.97. The van der Waals surface area contributed by atoms with Gasteiger partial charge >= 0.3 is 11.9 Å². The van der Waals surface area contributed by atoms with E-state index in [0.717, 1.165) is 12.5 Å². The molecule has 1 heterocycles. The molecule has 1 aliphatic rings. The molecule has 0 aromatic heterocycles. The number of nitrogens with zero attached hydrogens (tertiary/aromatic N) is 1. The van der Waals surface area contributed by atoms with Crippen molar-refractivity contribution in [2.75, 3.05) is 0 Å². The summed E-state index contributed by atoms with van der Waals surface area (Å²) in [5.41, 5.74) is -0.146. The molecule has 7 heteroatoms. The fourth-order valence-corrected chi connectivity index (χ4v) is 2.44. The highest BCUT2D eigenvalue weighted by Gasteiger charge is 2.42. The van der Waals surface area contributed by atoms with Gasteiger partial charge in [0.15, 0.2) is 0 Å². The number of unbranched alkanes of at least 4 members (excludes halogenated alkanes) is 1. The second-order valence-electron chi connectivity index (χ2n) is 5.04. The summed E-state index contributed by atoms with van der Waals surface area (Å²) in [7, 11) is 0.